The standard InChI is InChI=1S/C26H30N4O4/c1-3-4-5-6-7-13-19(17-11-10-12-18(26(33)34)23(17)25(32)27-2)30-24(31)22-16-28-20-14-8-9-15-21(20)29-22/h8-12,14-16,19H,3-7,13H2,1-2H3,(H,27,32)(H,30,31)(H,33,34)/t19-/m0/s1. The van der Waals surface area contributed by atoms with Gasteiger partial charge < -0.3 is 15.7 Å². The van der Waals surface area contributed by atoms with Crippen molar-refractivity contribution in [2.24, 2.45) is 0 Å². The Kier molecular flexibility index (Phi) is 8.67. The summed E-state index contributed by atoms with van der Waals surface area (Å²) in [5.41, 5.74) is 1.86. The second-order valence-corrected chi connectivity index (χ2v) is 8.13. The third-order valence-corrected chi connectivity index (χ3v) is 5.74. The van der Waals surface area contributed by atoms with Crippen molar-refractivity contribution in [1.29, 1.82) is 0 Å². The van der Waals surface area contributed by atoms with Crippen LogP contribution in [0.15, 0.2) is 48.7 Å². The third kappa shape index (κ3) is 5.95. The first-order valence-corrected chi connectivity index (χ1v) is 11.6. The lowest BCUT2D eigenvalue weighted by molar-refractivity contribution is 0.0691. The molecule has 3 aromatic rings. The number of aromatic nitrogens is 2. The van der Waals surface area contributed by atoms with Crippen LogP contribution < -0.4 is 10.6 Å². The van der Waals surface area contributed by atoms with Crippen LogP contribution in [-0.4, -0.2) is 39.9 Å². The number of nitrogens with zero attached hydrogens (tertiary/aromatic N) is 2. The van der Waals surface area contributed by atoms with E-state index in [-0.39, 0.29) is 16.8 Å². The van der Waals surface area contributed by atoms with Crippen LogP contribution in [0, 0.1) is 0 Å². The number of nitrogens with one attached hydrogen (secondary N) is 2. The van der Waals surface area contributed by atoms with E-state index in [2.05, 4.69) is 27.5 Å². The first kappa shape index (κ1) is 24.8. The molecule has 0 radical (unpaired) electrons. The Morgan fingerprint density at radius 2 is 1.68 bits per heavy atom. The predicted octanol–water partition coefficient (Wildman–Crippen LogP) is 4.52. The number of amides is 2. The molecule has 0 aliphatic carbocycles. The fraction of sp³-hybridized carbons (Fsp3) is 0.346. The maximum atomic E-state index is 13.1. The van der Waals surface area contributed by atoms with Gasteiger partial charge in [-0.3, -0.25) is 14.6 Å². The molecule has 0 bridgehead atoms. The number of carbonyl (C=O) groups excluding carboxylic acids is 2. The highest BCUT2D eigenvalue weighted by molar-refractivity contribution is 6.06. The molecule has 1 aromatic heterocycles. The Hall–Kier alpha value is -3.81. The van der Waals surface area contributed by atoms with E-state index >= 15 is 0 Å². The first-order valence-electron chi connectivity index (χ1n) is 11.6. The summed E-state index contributed by atoms with van der Waals surface area (Å²) >= 11 is 0. The molecular weight excluding hydrogens is 432 g/mol. The zero-order valence-electron chi connectivity index (χ0n) is 19.5. The summed E-state index contributed by atoms with van der Waals surface area (Å²) in [4.78, 5) is 46.4. The van der Waals surface area contributed by atoms with E-state index in [1.165, 1.54) is 19.3 Å². The maximum absolute atomic E-state index is 13.1. The van der Waals surface area contributed by atoms with Crippen molar-refractivity contribution >= 4 is 28.8 Å². The van der Waals surface area contributed by atoms with Gasteiger partial charge in [0.2, 0.25) is 0 Å². The van der Waals surface area contributed by atoms with Crippen molar-refractivity contribution in [2.45, 2.75) is 51.5 Å². The molecule has 178 valence electrons. The summed E-state index contributed by atoms with van der Waals surface area (Å²) in [6, 6.07) is 11.4. The van der Waals surface area contributed by atoms with E-state index in [4.69, 9.17) is 0 Å². The van der Waals surface area contributed by atoms with Crippen LogP contribution in [0.3, 0.4) is 0 Å². The lowest BCUT2D eigenvalue weighted by Crippen LogP contribution is -2.32. The zero-order chi connectivity index (χ0) is 24.5. The second kappa shape index (κ2) is 11.9. The molecule has 2 amide bonds. The van der Waals surface area contributed by atoms with Crippen molar-refractivity contribution < 1.29 is 19.5 Å². The summed E-state index contributed by atoms with van der Waals surface area (Å²) in [6.07, 6.45) is 7.09. The van der Waals surface area contributed by atoms with Crippen LogP contribution in [-0.2, 0) is 0 Å². The van der Waals surface area contributed by atoms with Gasteiger partial charge in [0.05, 0.1) is 34.4 Å². The monoisotopic (exact) mass is 462 g/mol. The van der Waals surface area contributed by atoms with Gasteiger partial charge in [0.15, 0.2) is 0 Å². The van der Waals surface area contributed by atoms with Crippen molar-refractivity contribution in [3.05, 3.63) is 71.0 Å². The summed E-state index contributed by atoms with van der Waals surface area (Å²) < 4.78 is 0. The highest BCUT2D eigenvalue weighted by Gasteiger charge is 2.26. The number of benzene rings is 2. The molecule has 3 N–H and O–H groups in total. The van der Waals surface area contributed by atoms with E-state index in [0.717, 1.165) is 32.1 Å². The van der Waals surface area contributed by atoms with Gasteiger partial charge in [0.25, 0.3) is 11.8 Å². The molecule has 0 saturated heterocycles. The largest absolute Gasteiger partial charge is 0.478 e. The lowest BCUT2D eigenvalue weighted by atomic mass is 9.91. The van der Waals surface area contributed by atoms with Gasteiger partial charge in [0.1, 0.15) is 5.69 Å². The molecule has 0 saturated carbocycles. The maximum Gasteiger partial charge on any atom is 0.336 e. The zero-order valence-corrected chi connectivity index (χ0v) is 19.5. The summed E-state index contributed by atoms with van der Waals surface area (Å²) in [6.45, 7) is 2.14. The lowest BCUT2D eigenvalue weighted by Gasteiger charge is -2.22. The average Bonchev–Trinajstić information content (AvgIpc) is 2.86. The molecule has 34 heavy (non-hydrogen) atoms. The van der Waals surface area contributed by atoms with Crippen molar-refractivity contribution in [3.8, 4) is 0 Å². The molecule has 3 rings (SSSR count). The fourth-order valence-corrected chi connectivity index (χ4v) is 3.97. The number of carboxylic acids is 1. The van der Waals surface area contributed by atoms with Crippen LogP contribution in [0.1, 0.15) is 88.3 Å². The van der Waals surface area contributed by atoms with E-state index in [1.54, 1.807) is 18.2 Å². The Balaban J connectivity index is 1.94. The Bertz CT molecular complexity index is 1180. The molecule has 8 heteroatoms. The number of rotatable bonds is 11. The van der Waals surface area contributed by atoms with E-state index in [0.29, 0.717) is 23.0 Å². The molecule has 8 nitrogen and oxygen atoms in total. The molecule has 1 heterocycles. The van der Waals surface area contributed by atoms with Crippen LogP contribution in [0.25, 0.3) is 11.0 Å². The number of carboxylic acid groups (broad SMARTS) is 1. The van der Waals surface area contributed by atoms with Gasteiger partial charge >= 0.3 is 5.97 Å². The molecule has 0 unspecified atom stereocenters. The number of hydrogen-bond acceptors (Lipinski definition) is 5. The first-order chi connectivity index (χ1) is 16.5. The third-order valence-electron chi connectivity index (χ3n) is 5.74. The minimum atomic E-state index is -1.20. The van der Waals surface area contributed by atoms with Crippen LogP contribution in [0.5, 0.6) is 0 Å². The number of unbranched alkanes of at least 4 members (excludes halogenated alkanes) is 4. The molecule has 0 aliphatic rings. The average molecular weight is 463 g/mol. The fourth-order valence-electron chi connectivity index (χ4n) is 3.97. The molecule has 0 spiro atoms. The minimum Gasteiger partial charge on any atom is -0.478 e. The highest BCUT2D eigenvalue weighted by Crippen LogP contribution is 2.27. The summed E-state index contributed by atoms with van der Waals surface area (Å²) in [7, 11) is 1.45. The topological polar surface area (TPSA) is 121 Å². The Labute approximate surface area is 198 Å². The van der Waals surface area contributed by atoms with E-state index in [9.17, 15) is 19.5 Å². The van der Waals surface area contributed by atoms with Gasteiger partial charge in [-0.05, 0) is 30.2 Å². The predicted molar refractivity (Wildman–Crippen MR) is 130 cm³/mol. The Morgan fingerprint density at radius 3 is 2.38 bits per heavy atom. The number of aromatic carboxylic acids is 1. The number of hydrogen-bond donors (Lipinski definition) is 3. The molecule has 0 fully saturated rings. The Morgan fingerprint density at radius 1 is 0.941 bits per heavy atom. The minimum absolute atomic E-state index is 0.0564. The van der Waals surface area contributed by atoms with Gasteiger partial charge in [-0.1, -0.05) is 63.3 Å². The van der Waals surface area contributed by atoms with Crippen molar-refractivity contribution in [3.63, 3.8) is 0 Å². The molecule has 2 aromatic carbocycles. The quantitative estimate of drug-likeness (QED) is 0.360. The SMILES string of the molecule is CCCCCCC[C@H](NC(=O)c1cnc2ccccc2n1)c1cccc(C(=O)O)c1C(=O)NC. The van der Waals surface area contributed by atoms with Crippen LogP contribution in [0.4, 0.5) is 0 Å². The van der Waals surface area contributed by atoms with E-state index < -0.39 is 23.8 Å². The van der Waals surface area contributed by atoms with Crippen LogP contribution >= 0.6 is 0 Å². The normalized spacial score (nSPS) is 11.7. The molecule has 1 atom stereocenters. The second-order valence-electron chi connectivity index (χ2n) is 8.13. The van der Waals surface area contributed by atoms with Gasteiger partial charge in [-0.2, -0.15) is 0 Å². The van der Waals surface area contributed by atoms with Gasteiger partial charge in [-0.15, -0.1) is 0 Å². The summed E-state index contributed by atoms with van der Waals surface area (Å²) in [5.74, 6) is -2.14. The number of carbonyl (C=O) groups is 3. The smallest absolute Gasteiger partial charge is 0.336 e. The number of fused-ring (bicyclic) bond motifs is 1. The molecule has 0 aliphatic heterocycles. The summed E-state index contributed by atoms with van der Waals surface area (Å²) in [5, 5.41) is 15.2. The van der Waals surface area contributed by atoms with Crippen LogP contribution in [0.2, 0.25) is 0 Å². The number of para-hydroxylation sites is 2. The highest BCUT2D eigenvalue weighted by atomic mass is 16.4. The molecular formula is C26H30N4O4. The van der Waals surface area contributed by atoms with Gasteiger partial charge in [0, 0.05) is 7.05 Å². The van der Waals surface area contributed by atoms with E-state index in [1.807, 2.05) is 18.2 Å². The van der Waals surface area contributed by atoms with Crippen molar-refractivity contribution in [1.82, 2.24) is 20.6 Å². The van der Waals surface area contributed by atoms with Crippen molar-refractivity contribution in [2.75, 3.05) is 7.05 Å². The van der Waals surface area contributed by atoms with Gasteiger partial charge in [-0.25, -0.2) is 9.78 Å².